The molecule has 3 rings (SSSR count). The van der Waals surface area contributed by atoms with Crippen molar-refractivity contribution in [1.29, 1.82) is 0 Å². The highest BCUT2D eigenvalue weighted by atomic mass is 19.4. The smallest absolute Gasteiger partial charge is 0.475 e. The molecule has 1 heterocycles. The molecule has 40 heavy (non-hydrogen) atoms. The summed E-state index contributed by atoms with van der Waals surface area (Å²) in [6, 6.07) is 19.9. The Balaban J connectivity index is 0.000000708. The van der Waals surface area contributed by atoms with Gasteiger partial charge < -0.3 is 21.1 Å². The van der Waals surface area contributed by atoms with Crippen LogP contribution in [0.2, 0.25) is 0 Å². The van der Waals surface area contributed by atoms with Crippen molar-refractivity contribution in [3.8, 4) is 0 Å². The summed E-state index contributed by atoms with van der Waals surface area (Å²) in [5.41, 5.74) is 4.47. The second-order valence-electron chi connectivity index (χ2n) is 9.65. The minimum atomic E-state index is -5.08. The Labute approximate surface area is 232 Å². The van der Waals surface area contributed by atoms with Crippen LogP contribution in [0, 0.1) is 19.8 Å². The lowest BCUT2D eigenvalue weighted by atomic mass is 10.0. The molecule has 8 nitrogen and oxygen atoms in total. The number of nitrogens with zero attached hydrogens (tertiary/aromatic N) is 2. The van der Waals surface area contributed by atoms with Crippen molar-refractivity contribution in [2.75, 3.05) is 17.2 Å². The maximum atomic E-state index is 13.0. The van der Waals surface area contributed by atoms with Crippen LogP contribution in [0.3, 0.4) is 0 Å². The zero-order valence-electron chi connectivity index (χ0n) is 23.0. The minimum absolute atomic E-state index is 0.00897. The number of hydrogen-bond donors (Lipinski definition) is 4. The van der Waals surface area contributed by atoms with Gasteiger partial charge in [-0.05, 0) is 49.3 Å². The van der Waals surface area contributed by atoms with E-state index in [0.717, 1.165) is 12.1 Å². The van der Waals surface area contributed by atoms with Gasteiger partial charge >= 0.3 is 12.1 Å². The number of aryl methyl sites for hydroxylation is 2. The molecule has 0 fully saturated rings. The molecule has 0 unspecified atom stereocenters. The van der Waals surface area contributed by atoms with Crippen molar-refractivity contribution in [3.63, 3.8) is 0 Å². The number of rotatable bonds is 11. The normalized spacial score (nSPS) is 11.7. The second-order valence-corrected chi connectivity index (χ2v) is 9.65. The predicted molar refractivity (Wildman–Crippen MR) is 149 cm³/mol. The van der Waals surface area contributed by atoms with E-state index in [2.05, 4.69) is 71.0 Å². The number of carboxylic acid groups (broad SMARTS) is 1. The first-order chi connectivity index (χ1) is 18.8. The van der Waals surface area contributed by atoms with E-state index in [0.29, 0.717) is 37.2 Å². The van der Waals surface area contributed by atoms with E-state index in [9.17, 15) is 18.0 Å². The highest BCUT2D eigenvalue weighted by Crippen LogP contribution is 2.16. The summed E-state index contributed by atoms with van der Waals surface area (Å²) in [6.45, 7) is 9.51. The molecule has 11 heteroatoms. The number of nitrogens with one attached hydrogen (secondary N) is 3. The molecule has 0 bridgehead atoms. The topological polar surface area (TPSA) is 116 Å². The zero-order chi connectivity index (χ0) is 29.7. The fourth-order valence-electron chi connectivity index (χ4n) is 3.68. The first-order valence-electron chi connectivity index (χ1n) is 12.9. The summed E-state index contributed by atoms with van der Waals surface area (Å²) in [4.78, 5) is 31.0. The fourth-order valence-corrected chi connectivity index (χ4v) is 3.68. The second kappa shape index (κ2) is 15.4. The Morgan fingerprint density at radius 1 is 0.975 bits per heavy atom. The highest BCUT2D eigenvalue weighted by Gasteiger charge is 2.38. The van der Waals surface area contributed by atoms with E-state index in [1.165, 1.54) is 16.7 Å². The first-order valence-corrected chi connectivity index (χ1v) is 12.9. The number of anilines is 2. The van der Waals surface area contributed by atoms with Crippen molar-refractivity contribution >= 4 is 23.6 Å². The molecule has 1 amide bonds. The molecule has 0 spiro atoms. The molecule has 2 aromatic carbocycles. The molecular formula is C29H36F3N5O3. The summed E-state index contributed by atoms with van der Waals surface area (Å²) >= 11 is 0. The van der Waals surface area contributed by atoms with Crippen LogP contribution in [0.5, 0.6) is 0 Å². The largest absolute Gasteiger partial charge is 0.490 e. The van der Waals surface area contributed by atoms with Crippen LogP contribution in [0.15, 0.2) is 60.7 Å². The summed E-state index contributed by atoms with van der Waals surface area (Å²) in [6.07, 6.45) is -3.56. The molecule has 0 saturated heterocycles. The summed E-state index contributed by atoms with van der Waals surface area (Å²) < 4.78 is 31.7. The van der Waals surface area contributed by atoms with Gasteiger partial charge in [0.15, 0.2) is 0 Å². The van der Waals surface area contributed by atoms with Gasteiger partial charge in [0.25, 0.3) is 0 Å². The number of hydrogen-bond acceptors (Lipinski definition) is 6. The maximum absolute atomic E-state index is 13.0. The van der Waals surface area contributed by atoms with Crippen molar-refractivity contribution in [1.82, 2.24) is 15.3 Å². The third-order valence-electron chi connectivity index (χ3n) is 5.70. The van der Waals surface area contributed by atoms with Crippen LogP contribution in [0.25, 0.3) is 0 Å². The lowest BCUT2D eigenvalue weighted by Gasteiger charge is -2.21. The van der Waals surface area contributed by atoms with E-state index in [1.807, 2.05) is 43.3 Å². The summed E-state index contributed by atoms with van der Waals surface area (Å²) in [5, 5.41) is 16.9. The molecule has 3 aromatic rings. The van der Waals surface area contributed by atoms with Gasteiger partial charge in [0.2, 0.25) is 11.9 Å². The van der Waals surface area contributed by atoms with Crippen molar-refractivity contribution < 1.29 is 27.9 Å². The number of amides is 1. The zero-order valence-corrected chi connectivity index (χ0v) is 23.0. The predicted octanol–water partition coefficient (Wildman–Crippen LogP) is 5.52. The maximum Gasteiger partial charge on any atom is 0.490 e. The average molecular weight is 560 g/mol. The third kappa shape index (κ3) is 11.7. The summed E-state index contributed by atoms with van der Waals surface area (Å²) in [5.74, 6) is -1.20. The molecule has 0 saturated carbocycles. The highest BCUT2D eigenvalue weighted by molar-refractivity contribution is 5.84. The van der Waals surface area contributed by atoms with Crippen molar-refractivity contribution in [2.45, 2.75) is 59.3 Å². The molecule has 1 atom stereocenters. The number of benzene rings is 2. The van der Waals surface area contributed by atoms with Gasteiger partial charge in [-0.15, -0.1) is 0 Å². The Kier molecular flexibility index (Phi) is 12.4. The Morgan fingerprint density at radius 2 is 1.60 bits per heavy atom. The molecular weight excluding hydrogens is 523 g/mol. The van der Waals surface area contributed by atoms with E-state index in [-0.39, 0.29) is 11.9 Å². The quantitative estimate of drug-likeness (QED) is 0.244. The molecule has 1 aromatic heterocycles. The van der Waals surface area contributed by atoms with E-state index in [4.69, 9.17) is 9.90 Å². The number of halogens is 3. The van der Waals surface area contributed by atoms with Gasteiger partial charge in [0.05, 0.1) is 0 Å². The standard InChI is InChI=1S/C27H35N5O.C2HF3O2/c1-19(2)16-24(26(33)28-15-14-22-11-6-5-7-12-22)31-25-17-21(4)30-27(32-25)29-18-23-13-9-8-10-20(23)3;3-2(4,5)1(6)7/h5-13,17,19,24H,14-16,18H2,1-4H3,(H,28,33)(H2,29,30,31,32);(H,6,7)/t24-;/m0./s1. The van der Waals surface area contributed by atoms with E-state index >= 15 is 0 Å². The number of aromatic nitrogens is 2. The first kappa shape index (κ1) is 32.1. The molecule has 0 aliphatic carbocycles. The van der Waals surface area contributed by atoms with Gasteiger partial charge in [-0.1, -0.05) is 68.4 Å². The molecule has 0 aliphatic rings. The van der Waals surface area contributed by atoms with Gasteiger partial charge in [-0.3, -0.25) is 4.79 Å². The van der Waals surface area contributed by atoms with Gasteiger partial charge in [0, 0.05) is 24.8 Å². The van der Waals surface area contributed by atoms with Gasteiger partial charge in [-0.2, -0.15) is 18.2 Å². The Hall–Kier alpha value is -4.15. The molecule has 4 N–H and O–H groups in total. The Bertz CT molecular complexity index is 1240. The van der Waals surface area contributed by atoms with Crippen LogP contribution >= 0.6 is 0 Å². The summed E-state index contributed by atoms with van der Waals surface area (Å²) in [7, 11) is 0. The molecule has 0 aliphatic heterocycles. The number of aliphatic carboxylic acids is 1. The third-order valence-corrected chi connectivity index (χ3v) is 5.70. The van der Waals surface area contributed by atoms with Crippen LogP contribution in [0.1, 0.15) is 42.7 Å². The number of alkyl halides is 3. The fraction of sp³-hybridized carbons (Fsp3) is 0.379. The molecule has 216 valence electrons. The minimum Gasteiger partial charge on any atom is -0.475 e. The van der Waals surface area contributed by atoms with Crippen molar-refractivity contribution in [3.05, 3.63) is 83.0 Å². The number of carboxylic acids is 1. The number of carbonyl (C=O) groups excluding carboxylic acids is 1. The average Bonchev–Trinajstić information content (AvgIpc) is 2.87. The lowest BCUT2D eigenvalue weighted by Crippen LogP contribution is -2.41. The van der Waals surface area contributed by atoms with E-state index < -0.39 is 12.1 Å². The van der Waals surface area contributed by atoms with Crippen molar-refractivity contribution in [2.24, 2.45) is 5.92 Å². The monoisotopic (exact) mass is 559 g/mol. The Morgan fingerprint density at radius 3 is 2.20 bits per heavy atom. The van der Waals surface area contributed by atoms with Crippen LogP contribution in [-0.2, 0) is 22.6 Å². The van der Waals surface area contributed by atoms with Crippen LogP contribution in [0.4, 0.5) is 24.9 Å². The molecule has 0 radical (unpaired) electrons. The number of carbonyl (C=O) groups is 2. The SMILES string of the molecule is Cc1cc(N[C@@H](CC(C)C)C(=O)NCCc2ccccc2)nc(NCc2ccccc2C)n1.O=C(O)C(F)(F)F. The van der Waals surface area contributed by atoms with Gasteiger partial charge in [0.1, 0.15) is 11.9 Å². The van der Waals surface area contributed by atoms with Crippen LogP contribution in [-0.4, -0.2) is 45.7 Å². The van der Waals surface area contributed by atoms with E-state index in [1.54, 1.807) is 0 Å². The van der Waals surface area contributed by atoms with Crippen LogP contribution < -0.4 is 16.0 Å². The van der Waals surface area contributed by atoms with Gasteiger partial charge in [-0.25, -0.2) is 9.78 Å². The lowest BCUT2D eigenvalue weighted by molar-refractivity contribution is -0.192.